The Morgan fingerprint density at radius 1 is 1.18 bits per heavy atom. The smallest absolute Gasteiger partial charge is 0.248 e. The van der Waals surface area contributed by atoms with Crippen molar-refractivity contribution in [1.82, 2.24) is 14.7 Å². The number of hydrogen-bond donors (Lipinski definition) is 1. The van der Waals surface area contributed by atoms with E-state index in [0.29, 0.717) is 25.9 Å². The van der Waals surface area contributed by atoms with Gasteiger partial charge in [0.15, 0.2) is 0 Å². The minimum Gasteiger partial charge on any atom is -0.394 e. The highest BCUT2D eigenvalue weighted by molar-refractivity contribution is 5.99. The second-order valence-electron chi connectivity index (χ2n) is 10.4. The fraction of sp³-hybridized carbons (Fsp3) is 0.731. The maximum absolute atomic E-state index is 14.3. The van der Waals surface area contributed by atoms with Crippen molar-refractivity contribution in [3.63, 3.8) is 0 Å². The summed E-state index contributed by atoms with van der Waals surface area (Å²) in [6, 6.07) is -1.30. The molecule has 1 aliphatic carbocycles. The maximum Gasteiger partial charge on any atom is 0.248 e. The lowest BCUT2D eigenvalue weighted by Gasteiger charge is -2.41. The molecule has 1 N–H and O–H groups in total. The van der Waals surface area contributed by atoms with Crippen molar-refractivity contribution in [2.45, 2.75) is 81.7 Å². The number of nitrogens with zero attached hydrogens (tertiary/aromatic N) is 3. The molecule has 1 saturated carbocycles. The van der Waals surface area contributed by atoms with Gasteiger partial charge in [-0.15, -0.1) is 13.2 Å². The molecule has 2 unspecified atom stereocenters. The molecular weight excluding hydrogens is 434 g/mol. The molecule has 0 radical (unpaired) electrons. The largest absolute Gasteiger partial charge is 0.394 e. The zero-order valence-corrected chi connectivity index (χ0v) is 20.5. The highest BCUT2D eigenvalue weighted by atomic mass is 16.5. The van der Waals surface area contributed by atoms with Gasteiger partial charge in [-0.05, 0) is 32.6 Å². The average molecular weight is 474 g/mol. The normalized spacial score (nSPS) is 33.5. The van der Waals surface area contributed by atoms with Crippen LogP contribution in [0.2, 0.25) is 0 Å². The van der Waals surface area contributed by atoms with Crippen molar-refractivity contribution in [3.8, 4) is 0 Å². The summed E-state index contributed by atoms with van der Waals surface area (Å²) < 4.78 is 6.50. The number of hydrogen-bond acceptors (Lipinski definition) is 5. The van der Waals surface area contributed by atoms with Crippen molar-refractivity contribution >= 4 is 17.7 Å². The summed E-state index contributed by atoms with van der Waals surface area (Å²) in [6.45, 7) is 9.86. The Morgan fingerprint density at radius 2 is 1.85 bits per heavy atom. The molecule has 34 heavy (non-hydrogen) atoms. The molecular formula is C26H39N3O5. The summed E-state index contributed by atoms with van der Waals surface area (Å²) in [4.78, 5) is 46.5. The van der Waals surface area contributed by atoms with Crippen LogP contribution in [0, 0.1) is 11.8 Å². The van der Waals surface area contributed by atoms with Crippen LogP contribution in [0.15, 0.2) is 25.3 Å². The van der Waals surface area contributed by atoms with E-state index in [1.165, 1.54) is 11.3 Å². The molecule has 3 aliphatic heterocycles. The number of ether oxygens (including phenoxy) is 1. The molecule has 3 saturated heterocycles. The van der Waals surface area contributed by atoms with Crippen molar-refractivity contribution in [3.05, 3.63) is 25.3 Å². The summed E-state index contributed by atoms with van der Waals surface area (Å²) in [7, 11) is 1.70. The van der Waals surface area contributed by atoms with Crippen LogP contribution in [0.25, 0.3) is 0 Å². The molecule has 3 heterocycles. The summed E-state index contributed by atoms with van der Waals surface area (Å²) in [6.07, 6.45) is 9.39. The molecule has 188 valence electrons. The number of amides is 3. The van der Waals surface area contributed by atoms with Crippen LogP contribution < -0.4 is 0 Å². The molecule has 3 amide bonds. The highest BCUT2D eigenvalue weighted by Crippen LogP contribution is 2.59. The van der Waals surface area contributed by atoms with E-state index in [0.717, 1.165) is 25.7 Å². The van der Waals surface area contributed by atoms with E-state index in [1.54, 1.807) is 31.0 Å². The first-order valence-corrected chi connectivity index (χ1v) is 12.7. The SMILES string of the molecule is C=CCN(C)C(=O)[C@@H]1[C@@H]2CCC3(O2)C(C(=O)N(CC=C)C2CCCCC2)N([C@H](C)CO)C(=O)[C@H]13. The third-order valence-corrected chi connectivity index (χ3v) is 8.40. The predicted octanol–water partition coefficient (Wildman–Crippen LogP) is 1.73. The van der Waals surface area contributed by atoms with Crippen molar-refractivity contribution in [1.29, 1.82) is 0 Å². The first-order valence-electron chi connectivity index (χ1n) is 12.7. The summed E-state index contributed by atoms with van der Waals surface area (Å²) in [5, 5.41) is 10.0. The maximum atomic E-state index is 14.3. The van der Waals surface area contributed by atoms with Gasteiger partial charge < -0.3 is 24.5 Å². The second-order valence-corrected chi connectivity index (χ2v) is 10.4. The molecule has 4 fully saturated rings. The molecule has 0 aromatic carbocycles. The van der Waals surface area contributed by atoms with Crippen LogP contribution in [0.1, 0.15) is 51.9 Å². The quantitative estimate of drug-likeness (QED) is 0.515. The van der Waals surface area contributed by atoms with Crippen LogP contribution in [-0.4, -0.2) is 94.1 Å². The predicted molar refractivity (Wildman–Crippen MR) is 128 cm³/mol. The molecule has 8 heteroatoms. The Morgan fingerprint density at radius 3 is 2.47 bits per heavy atom. The van der Waals surface area contributed by atoms with Gasteiger partial charge >= 0.3 is 0 Å². The lowest BCUT2D eigenvalue weighted by molar-refractivity contribution is -0.153. The third-order valence-electron chi connectivity index (χ3n) is 8.40. The summed E-state index contributed by atoms with van der Waals surface area (Å²) >= 11 is 0. The number of rotatable bonds is 9. The standard InChI is InChI=1S/C26H39N3O5/c1-5-14-27(4)23(31)20-19-12-13-26(34-19)21(20)24(32)29(17(3)16-30)22(26)25(33)28(15-6-2)18-10-8-7-9-11-18/h5-6,17-22,30H,1-2,7-16H2,3-4H3/t17-,19+,20-,21+,22?,26?/m1/s1. The summed E-state index contributed by atoms with van der Waals surface area (Å²) in [5.74, 6) is -1.89. The Kier molecular flexibility index (Phi) is 7.20. The Balaban J connectivity index is 1.73. The van der Waals surface area contributed by atoms with Gasteiger partial charge in [-0.2, -0.15) is 0 Å². The lowest BCUT2D eigenvalue weighted by atomic mass is 9.70. The minimum atomic E-state index is -1.04. The van der Waals surface area contributed by atoms with E-state index >= 15 is 0 Å². The van der Waals surface area contributed by atoms with E-state index in [9.17, 15) is 19.5 Å². The fourth-order valence-electron chi connectivity index (χ4n) is 6.86. The van der Waals surface area contributed by atoms with Gasteiger partial charge in [0.2, 0.25) is 17.7 Å². The van der Waals surface area contributed by atoms with Crippen LogP contribution in [0.5, 0.6) is 0 Å². The Labute approximate surface area is 202 Å². The molecule has 8 nitrogen and oxygen atoms in total. The minimum absolute atomic E-state index is 0.103. The monoisotopic (exact) mass is 473 g/mol. The number of fused-ring (bicyclic) bond motifs is 1. The molecule has 4 aliphatic rings. The number of likely N-dealkylation sites (N-methyl/N-ethyl adjacent to an activating group) is 1. The first kappa shape index (κ1) is 24.9. The van der Waals surface area contributed by atoms with Gasteiger partial charge in [0, 0.05) is 26.2 Å². The Bertz CT molecular complexity index is 840. The molecule has 1 spiro atoms. The number of aliphatic hydroxyl groups is 1. The van der Waals surface area contributed by atoms with Crippen molar-refractivity contribution in [2.24, 2.45) is 11.8 Å². The molecule has 2 bridgehead atoms. The molecule has 4 rings (SSSR count). The second kappa shape index (κ2) is 9.82. The molecule has 6 atom stereocenters. The number of carbonyl (C=O) groups excluding carboxylic acids is 3. The highest BCUT2D eigenvalue weighted by Gasteiger charge is 2.75. The van der Waals surface area contributed by atoms with Crippen LogP contribution >= 0.6 is 0 Å². The first-order chi connectivity index (χ1) is 16.3. The van der Waals surface area contributed by atoms with Gasteiger partial charge in [-0.1, -0.05) is 31.4 Å². The fourth-order valence-corrected chi connectivity index (χ4v) is 6.86. The van der Waals surface area contributed by atoms with E-state index in [-0.39, 0.29) is 36.5 Å². The van der Waals surface area contributed by atoms with E-state index < -0.39 is 29.5 Å². The number of likely N-dealkylation sites (tertiary alicyclic amines) is 1. The van der Waals surface area contributed by atoms with Crippen molar-refractivity contribution < 1.29 is 24.2 Å². The van der Waals surface area contributed by atoms with Gasteiger partial charge in [-0.25, -0.2) is 0 Å². The number of aliphatic hydroxyl groups excluding tert-OH is 1. The lowest BCUT2D eigenvalue weighted by Crippen LogP contribution is -2.60. The van der Waals surface area contributed by atoms with E-state index in [4.69, 9.17) is 4.74 Å². The van der Waals surface area contributed by atoms with Crippen molar-refractivity contribution in [2.75, 3.05) is 26.7 Å². The van der Waals surface area contributed by atoms with Gasteiger partial charge in [0.05, 0.1) is 30.6 Å². The van der Waals surface area contributed by atoms with Gasteiger partial charge in [0.1, 0.15) is 11.6 Å². The third kappa shape index (κ3) is 3.79. The van der Waals surface area contributed by atoms with E-state index in [2.05, 4.69) is 13.2 Å². The Hall–Kier alpha value is -2.19. The topological polar surface area (TPSA) is 90.4 Å². The number of carbonyl (C=O) groups is 3. The van der Waals surface area contributed by atoms with E-state index in [1.807, 2.05) is 4.90 Å². The van der Waals surface area contributed by atoms with Crippen LogP contribution in [0.3, 0.4) is 0 Å². The molecule has 0 aromatic heterocycles. The van der Waals surface area contributed by atoms with Crippen LogP contribution in [0.4, 0.5) is 0 Å². The van der Waals surface area contributed by atoms with Crippen LogP contribution in [-0.2, 0) is 19.1 Å². The van der Waals surface area contributed by atoms with Gasteiger partial charge in [-0.3, -0.25) is 14.4 Å². The van der Waals surface area contributed by atoms with Gasteiger partial charge in [0.25, 0.3) is 0 Å². The summed E-state index contributed by atoms with van der Waals surface area (Å²) in [5.41, 5.74) is -1.04. The zero-order valence-electron chi connectivity index (χ0n) is 20.5. The average Bonchev–Trinajstić information content (AvgIpc) is 3.49. The zero-order chi connectivity index (χ0) is 24.6. The molecule has 0 aromatic rings.